The van der Waals surface area contributed by atoms with Gasteiger partial charge in [0, 0.05) is 43.3 Å². The van der Waals surface area contributed by atoms with Gasteiger partial charge in [-0.2, -0.15) is 0 Å². The quantitative estimate of drug-likeness (QED) is 0.538. The van der Waals surface area contributed by atoms with E-state index in [9.17, 15) is 5.11 Å². The van der Waals surface area contributed by atoms with Crippen LogP contribution in [0.25, 0.3) is 10.9 Å². The number of aromatic nitrogens is 4. The highest BCUT2D eigenvalue weighted by atomic mass is 16.5. The van der Waals surface area contributed by atoms with Crippen LogP contribution < -0.4 is 15.4 Å². The maximum absolute atomic E-state index is 9.85. The van der Waals surface area contributed by atoms with Crippen molar-refractivity contribution in [2.24, 2.45) is 0 Å². The normalized spacial score (nSPS) is 20.8. The Kier molecular flexibility index (Phi) is 5.75. The summed E-state index contributed by atoms with van der Waals surface area (Å²) in [6.07, 6.45) is 6.66. The van der Waals surface area contributed by atoms with E-state index in [0.717, 1.165) is 61.1 Å². The van der Waals surface area contributed by atoms with E-state index in [1.807, 2.05) is 13.0 Å². The molecule has 2 aliphatic rings. The second kappa shape index (κ2) is 8.84. The molecule has 0 radical (unpaired) electrons. The van der Waals surface area contributed by atoms with Crippen LogP contribution in [0.2, 0.25) is 0 Å². The molecular formula is C23H29N7O2. The maximum Gasteiger partial charge on any atom is 0.238 e. The van der Waals surface area contributed by atoms with Crippen molar-refractivity contribution in [2.75, 3.05) is 30.8 Å². The highest BCUT2D eigenvalue weighted by molar-refractivity contribution is 5.88. The van der Waals surface area contributed by atoms with Crippen molar-refractivity contribution in [3.05, 3.63) is 35.8 Å². The van der Waals surface area contributed by atoms with E-state index >= 15 is 0 Å². The molecule has 1 aliphatic carbocycles. The minimum atomic E-state index is -0.248. The summed E-state index contributed by atoms with van der Waals surface area (Å²) in [7, 11) is 2.11. The smallest absolute Gasteiger partial charge is 0.238 e. The number of likely N-dealkylation sites (N-methyl/N-ethyl adjacent to an activating group) is 1. The molecule has 4 heterocycles. The van der Waals surface area contributed by atoms with E-state index in [0.29, 0.717) is 24.3 Å². The molecule has 1 saturated carbocycles. The molecule has 0 bridgehead atoms. The molecule has 0 unspecified atom stereocenters. The van der Waals surface area contributed by atoms with Crippen LogP contribution >= 0.6 is 0 Å². The van der Waals surface area contributed by atoms with Crippen molar-refractivity contribution in [3.8, 4) is 5.88 Å². The summed E-state index contributed by atoms with van der Waals surface area (Å²) in [6, 6.07) is 4.19. The molecule has 1 aliphatic heterocycles. The summed E-state index contributed by atoms with van der Waals surface area (Å²) < 4.78 is 5.82. The highest BCUT2D eigenvalue weighted by Gasteiger charge is 2.24. The van der Waals surface area contributed by atoms with Crippen molar-refractivity contribution < 1.29 is 9.84 Å². The fourth-order valence-electron chi connectivity index (χ4n) is 4.45. The number of nitrogens with zero attached hydrogens (tertiary/aromatic N) is 5. The Morgan fingerprint density at radius 2 is 2.16 bits per heavy atom. The third-order valence-electron chi connectivity index (χ3n) is 6.10. The highest BCUT2D eigenvalue weighted by Crippen LogP contribution is 2.31. The molecule has 0 saturated heterocycles. The number of hydrogen-bond donors (Lipinski definition) is 3. The summed E-state index contributed by atoms with van der Waals surface area (Å²) in [5.41, 5.74) is 3.79. The molecule has 5 rings (SSSR count). The summed E-state index contributed by atoms with van der Waals surface area (Å²) in [5, 5.41) is 17.5. The predicted molar refractivity (Wildman–Crippen MR) is 123 cm³/mol. The number of aliphatic hydroxyl groups is 1. The Morgan fingerprint density at radius 3 is 2.97 bits per heavy atom. The Hall–Kier alpha value is -3.04. The lowest BCUT2D eigenvalue weighted by Gasteiger charge is -2.25. The average Bonchev–Trinajstić information content (AvgIpc) is 3.19. The van der Waals surface area contributed by atoms with Gasteiger partial charge < -0.3 is 25.4 Å². The van der Waals surface area contributed by atoms with Gasteiger partial charge in [0.25, 0.3) is 0 Å². The molecule has 0 spiro atoms. The number of ether oxygens (including phenoxy) is 1. The van der Waals surface area contributed by atoms with Crippen molar-refractivity contribution in [1.82, 2.24) is 24.8 Å². The lowest BCUT2D eigenvalue weighted by atomic mass is 10.1. The van der Waals surface area contributed by atoms with Gasteiger partial charge in [-0.25, -0.2) is 19.9 Å². The molecule has 3 aromatic rings. The number of anilines is 3. The Morgan fingerprint density at radius 1 is 1.25 bits per heavy atom. The van der Waals surface area contributed by atoms with Crippen LogP contribution in [-0.2, 0) is 13.0 Å². The largest absolute Gasteiger partial charge is 0.476 e. The molecule has 9 nitrogen and oxygen atoms in total. The fourth-order valence-corrected chi connectivity index (χ4v) is 4.45. The number of rotatable bonds is 6. The zero-order chi connectivity index (χ0) is 22.1. The molecule has 32 heavy (non-hydrogen) atoms. The zero-order valence-corrected chi connectivity index (χ0v) is 18.5. The first-order valence-electron chi connectivity index (χ1n) is 11.3. The number of pyridine rings is 2. The molecule has 3 N–H and O–H groups in total. The molecule has 1 fully saturated rings. The first-order valence-corrected chi connectivity index (χ1v) is 11.3. The van der Waals surface area contributed by atoms with Crippen molar-refractivity contribution in [2.45, 2.75) is 51.3 Å². The van der Waals surface area contributed by atoms with E-state index in [1.54, 1.807) is 12.4 Å². The minimum absolute atomic E-state index is 0.195. The summed E-state index contributed by atoms with van der Waals surface area (Å²) >= 11 is 0. The number of aliphatic hydroxyl groups excluding tert-OH is 1. The van der Waals surface area contributed by atoms with Gasteiger partial charge in [-0.3, -0.25) is 0 Å². The van der Waals surface area contributed by atoms with Gasteiger partial charge in [0.1, 0.15) is 11.2 Å². The second-order valence-corrected chi connectivity index (χ2v) is 8.59. The summed E-state index contributed by atoms with van der Waals surface area (Å²) in [5.74, 6) is 1.75. The number of hydrogen-bond acceptors (Lipinski definition) is 9. The first-order chi connectivity index (χ1) is 15.6. The summed E-state index contributed by atoms with van der Waals surface area (Å²) in [4.78, 5) is 20.8. The fraction of sp³-hybridized carbons (Fsp3) is 0.478. The van der Waals surface area contributed by atoms with Crippen molar-refractivity contribution in [3.63, 3.8) is 0 Å². The van der Waals surface area contributed by atoms with Gasteiger partial charge in [-0.15, -0.1) is 0 Å². The Balaban J connectivity index is 1.46. The summed E-state index contributed by atoms with van der Waals surface area (Å²) in [6.45, 7) is 4.33. The van der Waals surface area contributed by atoms with Crippen LogP contribution in [-0.4, -0.2) is 62.3 Å². The van der Waals surface area contributed by atoms with Crippen LogP contribution in [0.4, 0.5) is 17.5 Å². The lowest BCUT2D eigenvalue weighted by molar-refractivity contribution is 0.182. The Bertz CT molecular complexity index is 1120. The van der Waals surface area contributed by atoms with E-state index in [2.05, 4.69) is 38.6 Å². The van der Waals surface area contributed by atoms with Crippen LogP contribution in [0.15, 0.2) is 24.5 Å². The van der Waals surface area contributed by atoms with Crippen LogP contribution in [0, 0.1) is 0 Å². The first kappa shape index (κ1) is 20.8. The number of fused-ring (bicyclic) bond motifs is 2. The van der Waals surface area contributed by atoms with Gasteiger partial charge in [0.2, 0.25) is 11.8 Å². The lowest BCUT2D eigenvalue weighted by Crippen LogP contribution is -2.27. The molecular weight excluding hydrogens is 406 g/mol. The van der Waals surface area contributed by atoms with Crippen LogP contribution in [0.5, 0.6) is 5.88 Å². The van der Waals surface area contributed by atoms with E-state index < -0.39 is 0 Å². The van der Waals surface area contributed by atoms with Gasteiger partial charge in [-0.05, 0) is 50.9 Å². The van der Waals surface area contributed by atoms with Crippen LogP contribution in [0.1, 0.15) is 37.4 Å². The van der Waals surface area contributed by atoms with Crippen molar-refractivity contribution in [1.29, 1.82) is 0 Å². The monoisotopic (exact) mass is 435 g/mol. The molecule has 3 aromatic heterocycles. The van der Waals surface area contributed by atoms with E-state index in [-0.39, 0.29) is 12.1 Å². The molecule has 168 valence electrons. The third-order valence-corrected chi connectivity index (χ3v) is 6.10. The second-order valence-electron chi connectivity index (χ2n) is 8.59. The van der Waals surface area contributed by atoms with Gasteiger partial charge in [0.05, 0.1) is 18.4 Å². The molecule has 0 amide bonds. The van der Waals surface area contributed by atoms with Crippen LogP contribution in [0.3, 0.4) is 0 Å². The standard InChI is InChI=1S/C23H29N7O2/c1-3-32-22-19(10-15-13-30(2)9-7-18(15)27-22)28-23-25-12-14-6-8-24-21(20(14)29-23)26-16-4-5-17(31)11-16/h6,8,10,12,16-17,31H,3-5,7,9,11,13H2,1-2H3,(H,24,26)(H,25,28,29)/t16-,17-/m1/s1. The van der Waals surface area contributed by atoms with Gasteiger partial charge in [-0.1, -0.05) is 0 Å². The van der Waals surface area contributed by atoms with E-state index in [4.69, 9.17) is 14.7 Å². The molecule has 0 aromatic carbocycles. The maximum atomic E-state index is 9.85. The van der Waals surface area contributed by atoms with E-state index in [1.165, 1.54) is 5.56 Å². The van der Waals surface area contributed by atoms with Gasteiger partial charge >= 0.3 is 0 Å². The van der Waals surface area contributed by atoms with Crippen molar-refractivity contribution >= 4 is 28.4 Å². The molecule has 9 heteroatoms. The average molecular weight is 436 g/mol. The predicted octanol–water partition coefficient (Wildman–Crippen LogP) is 2.88. The zero-order valence-electron chi connectivity index (χ0n) is 18.5. The SMILES string of the molecule is CCOc1nc2c(cc1Nc1ncc3ccnc(N[C@@H]4CC[C@@H](O)C4)c3n1)CN(C)CC2. The Labute approximate surface area is 187 Å². The van der Waals surface area contributed by atoms with Gasteiger partial charge in [0.15, 0.2) is 5.82 Å². The topological polar surface area (TPSA) is 108 Å². The molecule has 2 atom stereocenters. The number of nitrogens with one attached hydrogen (secondary N) is 2. The minimum Gasteiger partial charge on any atom is -0.476 e. The third kappa shape index (κ3) is 4.31.